The van der Waals surface area contributed by atoms with Gasteiger partial charge in [0, 0.05) is 0 Å². The minimum atomic E-state index is -4.89. The number of allylic oxidation sites excluding steroid dienone is 3. The van der Waals surface area contributed by atoms with E-state index in [-0.39, 0.29) is 0 Å². The predicted molar refractivity (Wildman–Crippen MR) is 82.0 cm³/mol. The summed E-state index contributed by atoms with van der Waals surface area (Å²) >= 11 is 0. The summed E-state index contributed by atoms with van der Waals surface area (Å²) in [6.45, 7) is 1.37. The molecule has 0 nitrogen and oxygen atoms in total. The molecule has 0 aliphatic rings. The minimum absolute atomic E-state index is 0.414. The molecule has 1 aromatic rings. The second kappa shape index (κ2) is 7.37. The first-order chi connectivity index (χ1) is 9.29. The lowest BCUT2D eigenvalue weighted by Crippen LogP contribution is -2.33. The molecule has 0 aromatic heterocycles. The summed E-state index contributed by atoms with van der Waals surface area (Å²) in [6, 6.07) is 5.33. The van der Waals surface area contributed by atoms with E-state index in [0.717, 1.165) is 30.5 Å². The van der Waals surface area contributed by atoms with E-state index < -0.39 is 12.4 Å². The van der Waals surface area contributed by atoms with Crippen LogP contribution in [0.2, 0.25) is 0 Å². The van der Waals surface area contributed by atoms with E-state index in [1.807, 2.05) is 12.2 Å². The van der Waals surface area contributed by atoms with E-state index in [9.17, 15) is 12.9 Å². The van der Waals surface area contributed by atoms with E-state index in [1.165, 1.54) is 17.7 Å². The Morgan fingerprint density at radius 3 is 2.25 bits per heavy atom. The maximum absolute atomic E-state index is 12.5. The largest absolute Gasteiger partial charge is 0.509 e. The van der Waals surface area contributed by atoms with Crippen LogP contribution in [0.1, 0.15) is 39.2 Å². The zero-order valence-electron chi connectivity index (χ0n) is 12.2. The van der Waals surface area contributed by atoms with Gasteiger partial charge in [0.1, 0.15) is 0 Å². The van der Waals surface area contributed by atoms with Crippen molar-refractivity contribution < 1.29 is 12.9 Å². The van der Waals surface area contributed by atoms with Crippen LogP contribution in [-0.4, -0.2) is 6.98 Å². The highest BCUT2D eigenvalue weighted by Crippen LogP contribution is 2.13. The molecule has 0 heterocycles. The lowest BCUT2D eigenvalue weighted by atomic mass is 9.80. The van der Waals surface area contributed by atoms with Gasteiger partial charge in [-0.2, -0.15) is 0 Å². The van der Waals surface area contributed by atoms with Crippen LogP contribution >= 0.6 is 0 Å². The Morgan fingerprint density at radius 1 is 1.15 bits per heavy atom. The average molecular weight is 281 g/mol. The van der Waals surface area contributed by atoms with Crippen molar-refractivity contribution in [1.82, 2.24) is 0 Å². The van der Waals surface area contributed by atoms with Crippen molar-refractivity contribution in [3.63, 3.8) is 0 Å². The molecule has 1 aromatic carbocycles. The van der Waals surface area contributed by atoms with E-state index in [0.29, 0.717) is 5.92 Å². The maximum Gasteiger partial charge on any atom is 0.509 e. The number of hydrogen-bond donors (Lipinski definition) is 0. The van der Waals surface area contributed by atoms with Crippen LogP contribution in [0, 0.1) is 5.92 Å². The molecule has 4 heteroatoms. The smallest absolute Gasteiger partial charge is 0.445 e. The van der Waals surface area contributed by atoms with Crippen molar-refractivity contribution >= 4 is 18.5 Å². The van der Waals surface area contributed by atoms with E-state index in [1.54, 1.807) is 0 Å². The molecular formula is C16H21BF3-. The SMILES string of the molecule is CC(C)=CCCC(C)/C=C\c1ccc([B-](F)(F)F)cc1. The highest BCUT2D eigenvalue weighted by Gasteiger charge is 2.24. The zero-order valence-corrected chi connectivity index (χ0v) is 12.2. The molecule has 0 spiro atoms. The molecule has 110 valence electrons. The molecule has 0 aliphatic heterocycles. The number of benzene rings is 1. The monoisotopic (exact) mass is 281 g/mol. The van der Waals surface area contributed by atoms with Crippen LogP contribution in [0.15, 0.2) is 42.0 Å². The predicted octanol–water partition coefficient (Wildman–Crippen LogP) is 5.14. The normalized spacial score (nSPS) is 13.5. The van der Waals surface area contributed by atoms with Gasteiger partial charge >= 0.3 is 6.98 Å². The molecule has 20 heavy (non-hydrogen) atoms. The number of rotatable bonds is 6. The fraction of sp³-hybridized carbons (Fsp3) is 0.375. The first-order valence-corrected chi connectivity index (χ1v) is 6.90. The molecule has 0 N–H and O–H groups in total. The molecule has 1 unspecified atom stereocenters. The van der Waals surface area contributed by atoms with Crippen molar-refractivity contribution in [2.75, 3.05) is 0 Å². The summed E-state index contributed by atoms with van der Waals surface area (Å²) in [7, 11) is 0. The second-order valence-corrected chi connectivity index (χ2v) is 5.44. The number of halogens is 3. The Balaban J connectivity index is 2.55. The zero-order chi connectivity index (χ0) is 15.2. The van der Waals surface area contributed by atoms with Gasteiger partial charge < -0.3 is 12.9 Å². The highest BCUT2D eigenvalue weighted by molar-refractivity contribution is 6.73. The van der Waals surface area contributed by atoms with E-state index in [2.05, 4.69) is 26.8 Å². The summed E-state index contributed by atoms with van der Waals surface area (Å²) in [4.78, 5) is 0. The van der Waals surface area contributed by atoms with Crippen molar-refractivity contribution in [3.8, 4) is 0 Å². The van der Waals surface area contributed by atoms with Gasteiger partial charge in [-0.05, 0) is 38.2 Å². The Labute approximate surface area is 119 Å². The molecule has 0 radical (unpaired) electrons. The second-order valence-electron chi connectivity index (χ2n) is 5.44. The third kappa shape index (κ3) is 6.13. The van der Waals surface area contributed by atoms with Crippen LogP contribution < -0.4 is 5.46 Å². The third-order valence-electron chi connectivity index (χ3n) is 3.11. The molecule has 0 amide bonds. The molecule has 0 saturated carbocycles. The van der Waals surface area contributed by atoms with E-state index in [4.69, 9.17) is 0 Å². The van der Waals surface area contributed by atoms with Crippen molar-refractivity contribution in [2.24, 2.45) is 5.92 Å². The van der Waals surface area contributed by atoms with Crippen LogP contribution in [0.5, 0.6) is 0 Å². The first kappa shape index (κ1) is 16.6. The summed E-state index contributed by atoms with van der Waals surface area (Å²) in [6.07, 6.45) is 8.21. The van der Waals surface area contributed by atoms with Gasteiger partial charge in [-0.1, -0.05) is 55.0 Å². The summed E-state index contributed by atoms with van der Waals surface area (Å²) in [5.41, 5.74) is 1.58. The molecule has 0 saturated heterocycles. The van der Waals surface area contributed by atoms with Gasteiger partial charge in [0.2, 0.25) is 0 Å². The van der Waals surface area contributed by atoms with Gasteiger partial charge in [0.05, 0.1) is 0 Å². The van der Waals surface area contributed by atoms with Gasteiger partial charge in [0.15, 0.2) is 0 Å². The Bertz CT molecular complexity index is 465. The molecule has 1 rings (SSSR count). The Kier molecular flexibility index (Phi) is 6.12. The third-order valence-corrected chi connectivity index (χ3v) is 3.11. The van der Waals surface area contributed by atoms with Crippen LogP contribution in [-0.2, 0) is 0 Å². The Morgan fingerprint density at radius 2 is 1.75 bits per heavy atom. The lowest BCUT2D eigenvalue weighted by Gasteiger charge is -2.14. The molecule has 0 fully saturated rings. The molecule has 0 aliphatic carbocycles. The standard InChI is InChI=1S/C16H21BF3/c1-13(2)5-4-6-14(3)7-8-15-9-11-16(12-10-15)17(18,19)20/h5,7-12,14H,4,6H2,1-3H3/q-1/b8-7-. The molecule has 1 atom stereocenters. The fourth-order valence-corrected chi connectivity index (χ4v) is 1.83. The summed E-state index contributed by atoms with van der Waals surface area (Å²) in [5, 5.41) is 0. The van der Waals surface area contributed by atoms with Gasteiger partial charge in [-0.15, -0.1) is 5.46 Å². The van der Waals surface area contributed by atoms with Crippen LogP contribution in [0.25, 0.3) is 6.08 Å². The van der Waals surface area contributed by atoms with E-state index >= 15 is 0 Å². The van der Waals surface area contributed by atoms with Crippen molar-refractivity contribution in [2.45, 2.75) is 33.6 Å². The summed E-state index contributed by atoms with van der Waals surface area (Å²) < 4.78 is 37.4. The topological polar surface area (TPSA) is 0 Å². The van der Waals surface area contributed by atoms with Crippen LogP contribution in [0.4, 0.5) is 12.9 Å². The minimum Gasteiger partial charge on any atom is -0.445 e. The Hall–Kier alpha value is -1.45. The highest BCUT2D eigenvalue weighted by atomic mass is 19.4. The molecule has 0 bridgehead atoms. The first-order valence-electron chi connectivity index (χ1n) is 6.90. The quantitative estimate of drug-likeness (QED) is 0.500. The number of hydrogen-bond acceptors (Lipinski definition) is 0. The summed E-state index contributed by atoms with van der Waals surface area (Å²) in [5.74, 6) is 0.414. The van der Waals surface area contributed by atoms with Gasteiger partial charge in [-0.3, -0.25) is 0 Å². The van der Waals surface area contributed by atoms with Crippen molar-refractivity contribution in [1.29, 1.82) is 0 Å². The van der Waals surface area contributed by atoms with Gasteiger partial charge in [0.25, 0.3) is 0 Å². The average Bonchev–Trinajstić information content (AvgIpc) is 2.35. The lowest BCUT2D eigenvalue weighted by molar-refractivity contribution is 0.501. The van der Waals surface area contributed by atoms with Gasteiger partial charge in [-0.25, -0.2) is 0 Å². The fourth-order valence-electron chi connectivity index (χ4n) is 1.83. The van der Waals surface area contributed by atoms with Crippen LogP contribution in [0.3, 0.4) is 0 Å². The molecular weight excluding hydrogens is 260 g/mol. The maximum atomic E-state index is 12.5. The van der Waals surface area contributed by atoms with Crippen molar-refractivity contribution in [3.05, 3.63) is 47.6 Å².